The second-order valence-corrected chi connectivity index (χ2v) is 7.08. The summed E-state index contributed by atoms with van der Waals surface area (Å²) >= 11 is 0. The van der Waals surface area contributed by atoms with Gasteiger partial charge in [-0.1, -0.05) is 18.2 Å². The van der Waals surface area contributed by atoms with Gasteiger partial charge < -0.3 is 10.2 Å². The molecule has 28 heavy (non-hydrogen) atoms. The number of amides is 1. The maximum Gasteiger partial charge on any atom is 0.269 e. The summed E-state index contributed by atoms with van der Waals surface area (Å²) in [6, 6.07) is 18.4. The molecular formula is C22H23FN4O. The van der Waals surface area contributed by atoms with E-state index in [1.54, 1.807) is 29.9 Å². The minimum absolute atomic E-state index is 0.150. The van der Waals surface area contributed by atoms with Gasteiger partial charge in [0, 0.05) is 37.4 Å². The number of para-hydroxylation sites is 1. The van der Waals surface area contributed by atoms with Crippen molar-refractivity contribution in [2.45, 2.75) is 18.9 Å². The van der Waals surface area contributed by atoms with Crippen LogP contribution in [-0.4, -0.2) is 34.8 Å². The number of nitrogens with one attached hydrogen (secondary N) is 1. The highest BCUT2D eigenvalue weighted by Gasteiger charge is 2.25. The van der Waals surface area contributed by atoms with Crippen LogP contribution < -0.4 is 10.2 Å². The molecule has 0 bridgehead atoms. The summed E-state index contributed by atoms with van der Waals surface area (Å²) in [6.45, 7) is 1.59. The van der Waals surface area contributed by atoms with Gasteiger partial charge in [0.2, 0.25) is 0 Å². The number of carbonyl (C=O) groups is 1. The highest BCUT2D eigenvalue weighted by Crippen LogP contribution is 2.25. The van der Waals surface area contributed by atoms with E-state index in [0.717, 1.165) is 24.9 Å². The number of nitrogens with zero attached hydrogens (tertiary/aromatic N) is 3. The summed E-state index contributed by atoms with van der Waals surface area (Å²) in [7, 11) is 1.74. The Morgan fingerprint density at radius 2 is 1.93 bits per heavy atom. The Hall–Kier alpha value is -3.15. The smallest absolute Gasteiger partial charge is 0.269 e. The van der Waals surface area contributed by atoms with Gasteiger partial charge in [0.25, 0.3) is 5.91 Å². The van der Waals surface area contributed by atoms with E-state index >= 15 is 0 Å². The van der Waals surface area contributed by atoms with Crippen molar-refractivity contribution in [3.05, 3.63) is 72.2 Å². The van der Waals surface area contributed by atoms with E-state index in [0.29, 0.717) is 17.9 Å². The van der Waals surface area contributed by atoms with E-state index in [2.05, 4.69) is 27.4 Å². The molecule has 1 saturated heterocycles. The van der Waals surface area contributed by atoms with Crippen LogP contribution in [0.4, 0.5) is 10.1 Å². The van der Waals surface area contributed by atoms with E-state index in [4.69, 9.17) is 0 Å². The summed E-state index contributed by atoms with van der Waals surface area (Å²) in [5.41, 5.74) is 3.11. The Bertz CT molecular complexity index is 952. The zero-order chi connectivity index (χ0) is 19.5. The lowest BCUT2D eigenvalue weighted by Crippen LogP contribution is -2.40. The van der Waals surface area contributed by atoms with Crippen molar-refractivity contribution in [1.29, 1.82) is 0 Å². The summed E-state index contributed by atoms with van der Waals surface area (Å²) in [6.07, 6.45) is 2.18. The molecule has 0 saturated carbocycles. The lowest BCUT2D eigenvalue weighted by molar-refractivity contribution is 0.0942. The number of halogens is 1. The Labute approximate surface area is 163 Å². The van der Waals surface area contributed by atoms with Crippen LogP contribution in [0.5, 0.6) is 0 Å². The topological polar surface area (TPSA) is 50.2 Å². The van der Waals surface area contributed by atoms with Gasteiger partial charge in [-0.05, 0) is 55.3 Å². The summed E-state index contributed by atoms with van der Waals surface area (Å²) in [5, 5.41) is 7.45. The number of anilines is 1. The molecule has 0 radical (unpaired) electrons. The Kier molecular flexibility index (Phi) is 5.10. The van der Waals surface area contributed by atoms with Gasteiger partial charge in [0.05, 0.1) is 5.69 Å². The number of aromatic nitrogens is 2. The molecule has 6 heteroatoms. The molecule has 1 atom stereocenters. The van der Waals surface area contributed by atoms with Crippen molar-refractivity contribution in [3.8, 4) is 11.3 Å². The fraction of sp³-hybridized carbons (Fsp3) is 0.273. The zero-order valence-electron chi connectivity index (χ0n) is 15.8. The Balaban J connectivity index is 1.43. The molecule has 1 amide bonds. The van der Waals surface area contributed by atoms with Crippen LogP contribution in [0.2, 0.25) is 0 Å². The average molecular weight is 378 g/mol. The third kappa shape index (κ3) is 3.76. The molecule has 1 aliphatic rings. The summed E-state index contributed by atoms with van der Waals surface area (Å²) in [4.78, 5) is 15.1. The van der Waals surface area contributed by atoms with Crippen molar-refractivity contribution < 1.29 is 9.18 Å². The van der Waals surface area contributed by atoms with Crippen LogP contribution in [0.15, 0.2) is 60.7 Å². The minimum atomic E-state index is -0.294. The first-order chi connectivity index (χ1) is 13.6. The van der Waals surface area contributed by atoms with Gasteiger partial charge in [-0.3, -0.25) is 9.48 Å². The number of hydrogen-bond donors (Lipinski definition) is 1. The SMILES string of the molecule is Cn1nc(-c2ccc(F)cc2)cc1C(=O)NC[C@H]1CCCN1c1ccccc1. The van der Waals surface area contributed by atoms with Crippen molar-refractivity contribution in [3.63, 3.8) is 0 Å². The molecule has 0 spiro atoms. The largest absolute Gasteiger partial charge is 0.367 e. The van der Waals surface area contributed by atoms with Gasteiger partial charge in [-0.2, -0.15) is 5.10 Å². The first kappa shape index (κ1) is 18.2. The molecule has 2 heterocycles. The van der Waals surface area contributed by atoms with Gasteiger partial charge in [-0.15, -0.1) is 0 Å². The Morgan fingerprint density at radius 3 is 2.68 bits per heavy atom. The maximum atomic E-state index is 13.1. The molecule has 0 aliphatic carbocycles. The quantitative estimate of drug-likeness (QED) is 0.738. The van der Waals surface area contributed by atoms with E-state index in [1.807, 2.05) is 18.2 Å². The van der Waals surface area contributed by atoms with Crippen LogP contribution in [0.25, 0.3) is 11.3 Å². The fourth-order valence-electron chi connectivity index (χ4n) is 3.75. The zero-order valence-corrected chi connectivity index (χ0v) is 15.8. The molecule has 3 aromatic rings. The number of rotatable bonds is 5. The summed E-state index contributed by atoms with van der Waals surface area (Å²) < 4.78 is 14.7. The lowest BCUT2D eigenvalue weighted by Gasteiger charge is -2.27. The first-order valence-corrected chi connectivity index (χ1v) is 9.52. The number of benzene rings is 2. The van der Waals surface area contributed by atoms with E-state index in [-0.39, 0.29) is 17.8 Å². The second kappa shape index (κ2) is 7.84. The van der Waals surface area contributed by atoms with Crippen molar-refractivity contribution in [2.75, 3.05) is 18.0 Å². The molecule has 4 rings (SSSR count). The number of hydrogen-bond acceptors (Lipinski definition) is 3. The van der Waals surface area contributed by atoms with Crippen LogP contribution in [-0.2, 0) is 7.05 Å². The molecule has 5 nitrogen and oxygen atoms in total. The predicted octanol–water partition coefficient (Wildman–Crippen LogP) is 3.63. The fourth-order valence-corrected chi connectivity index (χ4v) is 3.75. The lowest BCUT2D eigenvalue weighted by atomic mass is 10.1. The molecule has 1 aliphatic heterocycles. The Morgan fingerprint density at radius 1 is 1.18 bits per heavy atom. The first-order valence-electron chi connectivity index (χ1n) is 9.52. The van der Waals surface area contributed by atoms with Crippen LogP contribution >= 0.6 is 0 Å². The number of carbonyl (C=O) groups excluding carboxylic acids is 1. The molecule has 1 fully saturated rings. The maximum absolute atomic E-state index is 13.1. The minimum Gasteiger partial charge on any atom is -0.367 e. The average Bonchev–Trinajstić information content (AvgIpc) is 3.34. The third-order valence-corrected chi connectivity index (χ3v) is 5.22. The number of aryl methyl sites for hydroxylation is 1. The molecular weight excluding hydrogens is 355 g/mol. The van der Waals surface area contributed by atoms with Crippen LogP contribution in [0.3, 0.4) is 0 Å². The second-order valence-electron chi connectivity index (χ2n) is 7.08. The third-order valence-electron chi connectivity index (χ3n) is 5.22. The van der Waals surface area contributed by atoms with Gasteiger partial charge in [0.15, 0.2) is 0 Å². The predicted molar refractivity (Wildman–Crippen MR) is 108 cm³/mol. The van der Waals surface area contributed by atoms with Crippen molar-refractivity contribution in [2.24, 2.45) is 7.05 Å². The normalized spacial score (nSPS) is 16.4. The van der Waals surface area contributed by atoms with Crippen LogP contribution in [0, 0.1) is 5.82 Å². The molecule has 1 aromatic heterocycles. The van der Waals surface area contributed by atoms with E-state index < -0.39 is 0 Å². The van der Waals surface area contributed by atoms with Gasteiger partial charge in [0.1, 0.15) is 11.5 Å². The highest BCUT2D eigenvalue weighted by molar-refractivity contribution is 5.93. The van der Waals surface area contributed by atoms with E-state index in [1.165, 1.54) is 17.8 Å². The van der Waals surface area contributed by atoms with Gasteiger partial charge in [-0.25, -0.2) is 4.39 Å². The molecule has 1 N–H and O–H groups in total. The van der Waals surface area contributed by atoms with E-state index in [9.17, 15) is 9.18 Å². The van der Waals surface area contributed by atoms with Crippen molar-refractivity contribution in [1.82, 2.24) is 15.1 Å². The van der Waals surface area contributed by atoms with Crippen molar-refractivity contribution >= 4 is 11.6 Å². The molecule has 0 unspecified atom stereocenters. The monoisotopic (exact) mass is 378 g/mol. The standard InChI is InChI=1S/C22H23FN4O/c1-26-21(14-20(25-26)16-9-11-17(23)12-10-16)22(28)24-15-19-8-5-13-27(19)18-6-3-2-4-7-18/h2-4,6-7,9-12,14,19H,5,8,13,15H2,1H3,(H,24,28)/t19-/m1/s1. The highest BCUT2D eigenvalue weighted by atomic mass is 19.1. The van der Waals surface area contributed by atoms with Gasteiger partial charge >= 0.3 is 0 Å². The molecule has 2 aromatic carbocycles. The summed E-state index contributed by atoms with van der Waals surface area (Å²) in [5.74, 6) is -0.444. The molecule has 144 valence electrons. The van der Waals surface area contributed by atoms with Crippen LogP contribution in [0.1, 0.15) is 23.3 Å².